The average molecular weight is 162 g/mol. The third-order valence-corrected chi connectivity index (χ3v) is 2.76. The summed E-state index contributed by atoms with van der Waals surface area (Å²) in [7, 11) is 2.79. The molecule has 0 N–H and O–H groups in total. The molecular weight excluding hydrogens is 151 g/mol. The van der Waals surface area contributed by atoms with E-state index in [4.69, 9.17) is 0 Å². The second-order valence-electron chi connectivity index (χ2n) is 2.97. The molecular formula is C10H11P. The maximum Gasteiger partial charge on any atom is -0.00819 e. The lowest BCUT2D eigenvalue weighted by atomic mass is 10.0. The second-order valence-corrected chi connectivity index (χ2v) is 3.59. The van der Waals surface area contributed by atoms with Crippen molar-refractivity contribution in [3.05, 3.63) is 34.9 Å². The largest absolute Gasteiger partial charge is 0.105 e. The van der Waals surface area contributed by atoms with E-state index >= 15 is 0 Å². The fourth-order valence-corrected chi connectivity index (χ4v) is 1.92. The van der Waals surface area contributed by atoms with Crippen LogP contribution >= 0.6 is 9.24 Å². The lowest BCUT2D eigenvalue weighted by Crippen LogP contribution is -2.01. The molecule has 0 aliphatic heterocycles. The highest BCUT2D eigenvalue weighted by Crippen LogP contribution is 2.22. The van der Waals surface area contributed by atoms with E-state index in [2.05, 4.69) is 40.4 Å². The lowest BCUT2D eigenvalue weighted by Gasteiger charge is -2.05. The quantitative estimate of drug-likeness (QED) is 0.512. The first-order valence-corrected chi connectivity index (χ1v) is 4.41. The summed E-state index contributed by atoms with van der Waals surface area (Å²) in [5.41, 5.74) is 4.30. The van der Waals surface area contributed by atoms with Crippen molar-refractivity contribution in [1.82, 2.24) is 0 Å². The number of fused-ring (bicyclic) bond motifs is 1. The van der Waals surface area contributed by atoms with Crippen molar-refractivity contribution in [2.45, 2.75) is 13.3 Å². The zero-order valence-corrected chi connectivity index (χ0v) is 7.75. The first kappa shape index (κ1) is 7.06. The van der Waals surface area contributed by atoms with Gasteiger partial charge in [0.05, 0.1) is 0 Å². The molecule has 56 valence electrons. The normalized spacial score (nSPS) is 13.6. The van der Waals surface area contributed by atoms with E-state index in [0.29, 0.717) is 0 Å². The summed E-state index contributed by atoms with van der Waals surface area (Å²) in [5.74, 6) is 0. The Morgan fingerprint density at radius 1 is 1.36 bits per heavy atom. The Morgan fingerprint density at radius 2 is 2.18 bits per heavy atom. The minimum atomic E-state index is 1.11. The number of hydrogen-bond acceptors (Lipinski definition) is 0. The van der Waals surface area contributed by atoms with E-state index in [1.165, 1.54) is 22.0 Å². The molecule has 0 spiro atoms. The minimum Gasteiger partial charge on any atom is -0.105 e. The number of benzene rings is 1. The van der Waals surface area contributed by atoms with Crippen LogP contribution in [0, 0.1) is 6.92 Å². The predicted molar refractivity (Wildman–Crippen MR) is 53.3 cm³/mol. The molecule has 1 aliphatic carbocycles. The summed E-state index contributed by atoms with van der Waals surface area (Å²) in [4.78, 5) is 0. The van der Waals surface area contributed by atoms with Crippen molar-refractivity contribution in [3.63, 3.8) is 0 Å². The van der Waals surface area contributed by atoms with E-state index in [1.807, 2.05) is 0 Å². The van der Waals surface area contributed by atoms with Crippen molar-refractivity contribution >= 4 is 20.6 Å². The zero-order chi connectivity index (χ0) is 7.84. The molecule has 0 radical (unpaired) electrons. The Bertz CT molecular complexity index is 324. The van der Waals surface area contributed by atoms with Crippen LogP contribution in [0.5, 0.6) is 0 Å². The van der Waals surface area contributed by atoms with E-state index in [9.17, 15) is 0 Å². The third kappa shape index (κ3) is 1.02. The number of aryl methyl sites for hydroxylation is 1. The monoisotopic (exact) mass is 162 g/mol. The summed E-state index contributed by atoms with van der Waals surface area (Å²) in [5, 5.41) is 1.34. The van der Waals surface area contributed by atoms with Gasteiger partial charge in [0.2, 0.25) is 0 Å². The van der Waals surface area contributed by atoms with Crippen LogP contribution in [0.3, 0.4) is 0 Å². The number of allylic oxidation sites excluding steroid dienone is 1. The Kier molecular flexibility index (Phi) is 1.58. The summed E-state index contributed by atoms with van der Waals surface area (Å²) < 4.78 is 0. The molecule has 0 saturated heterocycles. The summed E-state index contributed by atoms with van der Waals surface area (Å²) in [6, 6.07) is 4.35. The Hall–Kier alpha value is -0.610. The van der Waals surface area contributed by atoms with Crippen LogP contribution in [-0.4, -0.2) is 0 Å². The van der Waals surface area contributed by atoms with Crippen LogP contribution in [0.4, 0.5) is 0 Å². The molecule has 1 aromatic carbocycles. The highest BCUT2D eigenvalue weighted by molar-refractivity contribution is 7.27. The van der Waals surface area contributed by atoms with Crippen LogP contribution in [0.25, 0.3) is 6.08 Å². The van der Waals surface area contributed by atoms with Gasteiger partial charge in [-0.25, -0.2) is 0 Å². The van der Waals surface area contributed by atoms with E-state index < -0.39 is 0 Å². The van der Waals surface area contributed by atoms with Crippen LogP contribution < -0.4 is 5.30 Å². The summed E-state index contributed by atoms with van der Waals surface area (Å²) in [6.45, 7) is 2.17. The van der Waals surface area contributed by atoms with E-state index in [1.54, 1.807) is 0 Å². The molecule has 1 aromatic rings. The van der Waals surface area contributed by atoms with Gasteiger partial charge in [-0.3, -0.25) is 0 Å². The maximum absolute atomic E-state index is 2.79. The molecule has 0 heterocycles. The molecule has 1 heteroatoms. The molecule has 0 saturated carbocycles. The van der Waals surface area contributed by atoms with E-state index in [-0.39, 0.29) is 0 Å². The van der Waals surface area contributed by atoms with Gasteiger partial charge >= 0.3 is 0 Å². The van der Waals surface area contributed by atoms with Gasteiger partial charge in [-0.15, -0.1) is 9.24 Å². The maximum atomic E-state index is 2.79. The molecule has 1 unspecified atom stereocenters. The Morgan fingerprint density at radius 3 is 2.91 bits per heavy atom. The van der Waals surface area contributed by atoms with Crippen molar-refractivity contribution in [2.24, 2.45) is 0 Å². The summed E-state index contributed by atoms with van der Waals surface area (Å²) in [6.07, 6.45) is 5.55. The number of hydrogen-bond donors (Lipinski definition) is 0. The van der Waals surface area contributed by atoms with Gasteiger partial charge in [-0.05, 0) is 35.3 Å². The molecule has 0 bridgehead atoms. The highest BCUT2D eigenvalue weighted by Gasteiger charge is 2.08. The SMILES string of the molecule is Cc1ccc(P)c2c1C=CC2. The number of rotatable bonds is 0. The Labute approximate surface area is 69.5 Å². The van der Waals surface area contributed by atoms with Crippen LogP contribution in [0.2, 0.25) is 0 Å². The van der Waals surface area contributed by atoms with Gasteiger partial charge in [0.15, 0.2) is 0 Å². The van der Waals surface area contributed by atoms with Gasteiger partial charge < -0.3 is 0 Å². The van der Waals surface area contributed by atoms with Gasteiger partial charge in [-0.2, -0.15) is 0 Å². The molecule has 1 aliphatic rings. The van der Waals surface area contributed by atoms with Crippen molar-refractivity contribution in [1.29, 1.82) is 0 Å². The first-order valence-electron chi connectivity index (χ1n) is 3.83. The standard InChI is InChI=1S/C10H11P/c1-7-5-6-10(11)9-4-2-3-8(7)9/h2-3,5-6H,4,11H2,1H3. The smallest absolute Gasteiger partial charge is 0.00819 e. The zero-order valence-electron chi connectivity index (χ0n) is 6.59. The highest BCUT2D eigenvalue weighted by atomic mass is 31.0. The topological polar surface area (TPSA) is 0 Å². The molecule has 0 amide bonds. The molecule has 2 rings (SSSR count). The van der Waals surface area contributed by atoms with Crippen molar-refractivity contribution in [3.8, 4) is 0 Å². The molecule has 11 heavy (non-hydrogen) atoms. The Balaban J connectivity index is 2.71. The average Bonchev–Trinajstić information content (AvgIpc) is 2.45. The van der Waals surface area contributed by atoms with Crippen LogP contribution in [0.1, 0.15) is 16.7 Å². The molecule has 0 nitrogen and oxygen atoms in total. The fourth-order valence-electron chi connectivity index (χ4n) is 1.55. The van der Waals surface area contributed by atoms with Gasteiger partial charge in [0.1, 0.15) is 0 Å². The van der Waals surface area contributed by atoms with E-state index in [0.717, 1.165) is 6.42 Å². The van der Waals surface area contributed by atoms with Gasteiger partial charge in [0.25, 0.3) is 0 Å². The van der Waals surface area contributed by atoms with Crippen LogP contribution in [0.15, 0.2) is 18.2 Å². The first-order chi connectivity index (χ1) is 5.29. The molecule has 0 fully saturated rings. The van der Waals surface area contributed by atoms with Crippen molar-refractivity contribution in [2.75, 3.05) is 0 Å². The fraction of sp³-hybridized carbons (Fsp3) is 0.200. The second kappa shape index (κ2) is 2.46. The predicted octanol–water partition coefficient (Wildman–Crippen LogP) is 2.06. The molecule has 1 atom stereocenters. The van der Waals surface area contributed by atoms with Gasteiger partial charge in [-0.1, -0.05) is 24.3 Å². The molecule has 0 aromatic heterocycles. The van der Waals surface area contributed by atoms with Gasteiger partial charge in [0, 0.05) is 0 Å². The van der Waals surface area contributed by atoms with Crippen LogP contribution in [-0.2, 0) is 6.42 Å². The van der Waals surface area contributed by atoms with Crippen molar-refractivity contribution < 1.29 is 0 Å². The lowest BCUT2D eigenvalue weighted by molar-refractivity contribution is 1.31. The third-order valence-electron chi connectivity index (χ3n) is 2.22. The summed E-state index contributed by atoms with van der Waals surface area (Å²) >= 11 is 0. The minimum absolute atomic E-state index is 1.11.